The summed E-state index contributed by atoms with van der Waals surface area (Å²) < 4.78 is 10.8. The summed E-state index contributed by atoms with van der Waals surface area (Å²) in [6.07, 6.45) is 2.60. The third-order valence-electron chi connectivity index (χ3n) is 3.87. The molecule has 0 spiro atoms. The van der Waals surface area contributed by atoms with Crippen molar-refractivity contribution in [3.8, 4) is 5.75 Å². The number of benzene rings is 2. The van der Waals surface area contributed by atoms with E-state index >= 15 is 0 Å². The molecule has 128 valence electrons. The van der Waals surface area contributed by atoms with E-state index in [1.807, 2.05) is 49.4 Å². The summed E-state index contributed by atoms with van der Waals surface area (Å²) in [6, 6.07) is 14.4. The van der Waals surface area contributed by atoms with E-state index in [0.717, 1.165) is 22.3 Å². The maximum absolute atomic E-state index is 11.6. The van der Waals surface area contributed by atoms with Gasteiger partial charge in [0.15, 0.2) is 0 Å². The van der Waals surface area contributed by atoms with E-state index in [4.69, 9.17) is 20.8 Å². The molecule has 0 unspecified atom stereocenters. The lowest BCUT2D eigenvalue weighted by Gasteiger charge is -2.10. The number of rotatable bonds is 5. The van der Waals surface area contributed by atoms with Gasteiger partial charge in [0.2, 0.25) is 0 Å². The topological polar surface area (TPSA) is 51.5 Å². The van der Waals surface area contributed by atoms with Crippen molar-refractivity contribution in [2.45, 2.75) is 13.3 Å². The first kappa shape index (κ1) is 17.1. The van der Waals surface area contributed by atoms with Crippen LogP contribution >= 0.6 is 11.6 Å². The second-order valence-corrected chi connectivity index (χ2v) is 6.08. The van der Waals surface area contributed by atoms with Crippen molar-refractivity contribution in [2.24, 2.45) is 0 Å². The van der Waals surface area contributed by atoms with Crippen LogP contribution in [0.3, 0.4) is 0 Å². The van der Waals surface area contributed by atoms with E-state index in [9.17, 15) is 4.79 Å². The molecule has 2 aromatic carbocycles. The fraction of sp³-hybridized carbons (Fsp3) is 0.150. The SMILES string of the molecule is COc1ccc2ccc(=O)oc2c1CC=C(C)Nc1ccc(Cl)cc1. The van der Waals surface area contributed by atoms with Crippen molar-refractivity contribution < 1.29 is 9.15 Å². The van der Waals surface area contributed by atoms with Gasteiger partial charge < -0.3 is 14.5 Å². The highest BCUT2D eigenvalue weighted by Crippen LogP contribution is 2.28. The van der Waals surface area contributed by atoms with Gasteiger partial charge in [-0.05, 0) is 55.8 Å². The van der Waals surface area contributed by atoms with Gasteiger partial charge in [0.05, 0.1) is 7.11 Å². The predicted molar refractivity (Wildman–Crippen MR) is 102 cm³/mol. The monoisotopic (exact) mass is 355 g/mol. The second kappa shape index (κ2) is 7.45. The van der Waals surface area contributed by atoms with E-state index < -0.39 is 0 Å². The maximum atomic E-state index is 11.6. The Balaban J connectivity index is 1.89. The average molecular weight is 356 g/mol. The fourth-order valence-corrected chi connectivity index (χ4v) is 2.75. The molecule has 0 amide bonds. The molecule has 3 rings (SSSR count). The molecule has 0 fully saturated rings. The molecule has 0 radical (unpaired) electrons. The minimum atomic E-state index is -0.373. The summed E-state index contributed by atoms with van der Waals surface area (Å²) in [5, 5.41) is 4.87. The Morgan fingerprint density at radius 2 is 1.88 bits per heavy atom. The zero-order valence-corrected chi connectivity index (χ0v) is 14.8. The molecule has 25 heavy (non-hydrogen) atoms. The molecule has 5 heteroatoms. The van der Waals surface area contributed by atoms with Gasteiger partial charge in [-0.25, -0.2) is 4.79 Å². The Kier molecular flexibility index (Phi) is 5.10. The van der Waals surface area contributed by atoms with Gasteiger partial charge in [-0.1, -0.05) is 17.7 Å². The lowest BCUT2D eigenvalue weighted by atomic mass is 10.1. The van der Waals surface area contributed by atoms with Crippen LogP contribution in [0.1, 0.15) is 12.5 Å². The second-order valence-electron chi connectivity index (χ2n) is 5.64. The Morgan fingerprint density at radius 1 is 1.16 bits per heavy atom. The molecule has 0 aliphatic heterocycles. The van der Waals surface area contributed by atoms with Crippen LogP contribution in [0.2, 0.25) is 5.02 Å². The zero-order valence-electron chi connectivity index (χ0n) is 14.0. The summed E-state index contributed by atoms with van der Waals surface area (Å²) in [6.45, 7) is 1.97. The van der Waals surface area contributed by atoms with Gasteiger partial charge in [0.1, 0.15) is 11.3 Å². The van der Waals surface area contributed by atoms with Gasteiger partial charge in [-0.2, -0.15) is 0 Å². The maximum Gasteiger partial charge on any atom is 0.336 e. The van der Waals surface area contributed by atoms with Crippen molar-refractivity contribution in [3.63, 3.8) is 0 Å². The number of hydrogen-bond donors (Lipinski definition) is 1. The van der Waals surface area contributed by atoms with Crippen molar-refractivity contribution in [1.29, 1.82) is 0 Å². The number of ether oxygens (including phenoxy) is 1. The summed E-state index contributed by atoms with van der Waals surface area (Å²) in [4.78, 5) is 11.6. The normalized spacial score (nSPS) is 11.6. The number of anilines is 1. The van der Waals surface area contributed by atoms with Crippen LogP contribution in [0.15, 0.2) is 69.5 Å². The molecule has 1 heterocycles. The largest absolute Gasteiger partial charge is 0.496 e. The quantitative estimate of drug-likeness (QED) is 0.653. The van der Waals surface area contributed by atoms with Crippen molar-refractivity contribution in [3.05, 3.63) is 81.3 Å². The standard InChI is InChI=1S/C20H18ClNO3/c1-13(22-16-8-6-15(21)7-9-16)3-10-17-18(24-2)11-4-14-5-12-19(23)25-20(14)17/h3-9,11-12,22H,10H2,1-2H3. The highest BCUT2D eigenvalue weighted by atomic mass is 35.5. The smallest absolute Gasteiger partial charge is 0.336 e. The first-order valence-corrected chi connectivity index (χ1v) is 8.23. The molecule has 0 saturated heterocycles. The number of allylic oxidation sites excluding steroid dienone is 2. The van der Waals surface area contributed by atoms with E-state index in [1.165, 1.54) is 6.07 Å². The highest BCUT2D eigenvalue weighted by molar-refractivity contribution is 6.30. The minimum absolute atomic E-state index is 0.373. The number of methoxy groups -OCH3 is 1. The van der Waals surface area contributed by atoms with Crippen molar-refractivity contribution in [1.82, 2.24) is 0 Å². The average Bonchev–Trinajstić information content (AvgIpc) is 2.61. The van der Waals surface area contributed by atoms with Gasteiger partial charge in [0.25, 0.3) is 0 Å². The Morgan fingerprint density at radius 3 is 2.60 bits per heavy atom. The summed E-state index contributed by atoms with van der Waals surface area (Å²) in [7, 11) is 1.61. The molecule has 0 atom stereocenters. The van der Waals surface area contributed by atoms with Crippen molar-refractivity contribution in [2.75, 3.05) is 12.4 Å². The van der Waals surface area contributed by atoms with Crippen LogP contribution < -0.4 is 15.7 Å². The lowest BCUT2D eigenvalue weighted by Crippen LogP contribution is -2.00. The molecule has 0 saturated carbocycles. The Hall–Kier alpha value is -2.72. The minimum Gasteiger partial charge on any atom is -0.496 e. The summed E-state index contributed by atoms with van der Waals surface area (Å²) in [5.74, 6) is 0.692. The van der Waals surface area contributed by atoms with Crippen LogP contribution in [-0.4, -0.2) is 7.11 Å². The molecule has 1 aromatic heterocycles. The third-order valence-corrected chi connectivity index (χ3v) is 4.12. The molecule has 0 bridgehead atoms. The molecular weight excluding hydrogens is 338 g/mol. The molecular formula is C20H18ClNO3. The number of halogens is 1. The first-order chi connectivity index (χ1) is 12.1. The molecule has 0 aliphatic carbocycles. The first-order valence-electron chi connectivity index (χ1n) is 7.86. The highest BCUT2D eigenvalue weighted by Gasteiger charge is 2.10. The molecule has 0 aliphatic rings. The van der Waals surface area contributed by atoms with E-state index in [2.05, 4.69) is 5.32 Å². The predicted octanol–water partition coefficient (Wildman–Crippen LogP) is 5.01. The van der Waals surface area contributed by atoms with E-state index in [1.54, 1.807) is 13.2 Å². The van der Waals surface area contributed by atoms with E-state index in [0.29, 0.717) is 22.8 Å². The van der Waals surface area contributed by atoms with Crippen molar-refractivity contribution >= 4 is 28.3 Å². The number of nitrogens with one attached hydrogen (secondary N) is 1. The number of hydrogen-bond acceptors (Lipinski definition) is 4. The van der Waals surface area contributed by atoms with Crippen LogP contribution in [0.25, 0.3) is 11.0 Å². The molecule has 4 nitrogen and oxygen atoms in total. The van der Waals surface area contributed by atoms with Crippen LogP contribution in [-0.2, 0) is 6.42 Å². The molecule has 3 aromatic rings. The summed E-state index contributed by atoms with van der Waals surface area (Å²) in [5.41, 5.74) is 2.95. The van der Waals surface area contributed by atoms with Gasteiger partial charge >= 0.3 is 5.63 Å². The zero-order chi connectivity index (χ0) is 17.8. The Bertz CT molecular complexity index is 974. The lowest BCUT2D eigenvalue weighted by molar-refractivity contribution is 0.409. The Labute approximate surface area is 150 Å². The third kappa shape index (κ3) is 4.03. The summed E-state index contributed by atoms with van der Waals surface area (Å²) >= 11 is 5.90. The van der Waals surface area contributed by atoms with Gasteiger partial charge in [-0.3, -0.25) is 0 Å². The molecule has 1 N–H and O–H groups in total. The fourth-order valence-electron chi connectivity index (χ4n) is 2.62. The van der Waals surface area contributed by atoms with Crippen LogP contribution in [0.4, 0.5) is 5.69 Å². The van der Waals surface area contributed by atoms with Gasteiger partial charge in [-0.15, -0.1) is 0 Å². The van der Waals surface area contributed by atoms with E-state index in [-0.39, 0.29) is 5.63 Å². The van der Waals surface area contributed by atoms with Crippen LogP contribution in [0.5, 0.6) is 5.75 Å². The van der Waals surface area contributed by atoms with Crippen LogP contribution in [0, 0.1) is 0 Å². The van der Waals surface area contributed by atoms with Gasteiger partial charge in [0, 0.05) is 33.4 Å². The number of fused-ring (bicyclic) bond motifs is 1.